The van der Waals surface area contributed by atoms with Gasteiger partial charge in [-0.15, -0.1) is 5.10 Å². The number of aromatic nitrogens is 4. The van der Waals surface area contributed by atoms with Crippen LogP contribution in [0, 0.1) is 0 Å². The molecule has 0 unspecified atom stereocenters. The second kappa shape index (κ2) is 19.7. The number of fused-ring (bicyclic) bond motifs is 1. The number of aromatic amines is 1. The number of unbranched alkanes of at least 4 members (excludes halogenated alkanes) is 13. The van der Waals surface area contributed by atoms with E-state index in [4.69, 9.17) is 21.1 Å². The van der Waals surface area contributed by atoms with Crippen LogP contribution in [0.1, 0.15) is 136 Å². The molecule has 8 nitrogen and oxygen atoms in total. The average molecular weight is 630 g/mol. The third-order valence-electron chi connectivity index (χ3n) is 7.94. The van der Waals surface area contributed by atoms with Gasteiger partial charge in [0, 0.05) is 29.7 Å². The summed E-state index contributed by atoms with van der Waals surface area (Å²) < 4.78 is 12.7. The van der Waals surface area contributed by atoms with Crippen LogP contribution >= 0.6 is 11.6 Å². The van der Waals surface area contributed by atoms with Gasteiger partial charge in [-0.05, 0) is 37.1 Å². The van der Waals surface area contributed by atoms with Gasteiger partial charge >= 0.3 is 5.97 Å². The minimum atomic E-state index is -0.132. The van der Waals surface area contributed by atoms with Crippen molar-refractivity contribution in [1.29, 1.82) is 0 Å². The first-order chi connectivity index (χ1) is 21.3. The molecular weight excluding hydrogens is 574 g/mol. The number of nitrogens with zero attached hydrogens (tertiary/aromatic N) is 3. The van der Waals surface area contributed by atoms with Crippen molar-refractivity contribution in [3.8, 4) is 11.4 Å². The molecule has 44 heavy (non-hydrogen) atoms. The minimum Gasteiger partial charge on any atom is -0.466 e. The van der Waals surface area contributed by atoms with Crippen molar-refractivity contribution in [3.63, 3.8) is 0 Å². The number of halogens is 1. The number of benzene rings is 1. The lowest BCUT2D eigenvalue weighted by molar-refractivity contribution is -0.144. The summed E-state index contributed by atoms with van der Waals surface area (Å²) in [6.07, 6.45) is 19.5. The number of carbonyl (C=O) groups is 1. The number of rotatable bonds is 23. The van der Waals surface area contributed by atoms with Crippen LogP contribution in [-0.4, -0.2) is 45.7 Å². The van der Waals surface area contributed by atoms with Crippen LogP contribution in [0.4, 0.5) is 5.69 Å². The lowest BCUT2D eigenvalue weighted by Gasteiger charge is -2.16. The summed E-state index contributed by atoms with van der Waals surface area (Å²) in [6, 6.07) is 7.85. The quantitative estimate of drug-likeness (QED) is 0.0616. The number of anilines is 1. The summed E-state index contributed by atoms with van der Waals surface area (Å²) >= 11 is 6.55. The Morgan fingerprint density at radius 2 is 1.45 bits per heavy atom. The van der Waals surface area contributed by atoms with E-state index in [1.54, 1.807) is 4.63 Å². The highest BCUT2D eigenvalue weighted by atomic mass is 35.5. The molecule has 0 amide bonds. The first kappa shape index (κ1) is 35.9. The van der Waals surface area contributed by atoms with Gasteiger partial charge in [-0.1, -0.05) is 123 Å². The zero-order chi connectivity index (χ0) is 31.6. The molecule has 0 aliphatic rings. The van der Waals surface area contributed by atoms with Crippen molar-refractivity contribution in [2.24, 2.45) is 0 Å². The summed E-state index contributed by atoms with van der Waals surface area (Å²) in [5, 5.41) is 11.6. The molecule has 2 aromatic heterocycles. The van der Waals surface area contributed by atoms with Gasteiger partial charge in [-0.25, -0.2) is 4.98 Å². The molecule has 2 N–H and O–H groups in total. The van der Waals surface area contributed by atoms with Crippen LogP contribution in [0.25, 0.3) is 17.0 Å². The normalized spacial score (nSPS) is 11.8. The van der Waals surface area contributed by atoms with Crippen LogP contribution in [0.2, 0.25) is 5.02 Å². The topological polar surface area (TPSA) is 93.5 Å². The molecule has 2 heterocycles. The molecule has 0 radical (unpaired) electrons. The fourth-order valence-corrected chi connectivity index (χ4v) is 5.68. The van der Waals surface area contributed by atoms with Crippen molar-refractivity contribution in [2.45, 2.75) is 136 Å². The fraction of sp³-hybridized carbons (Fsp3) is 0.686. The monoisotopic (exact) mass is 629 g/mol. The Balaban J connectivity index is 1.15. The Labute approximate surface area is 270 Å². The fourth-order valence-electron chi connectivity index (χ4n) is 5.24. The van der Waals surface area contributed by atoms with Crippen LogP contribution < -0.4 is 5.32 Å². The first-order valence-electron chi connectivity index (χ1n) is 17.0. The van der Waals surface area contributed by atoms with Crippen LogP contribution in [0.15, 0.2) is 24.3 Å². The Morgan fingerprint density at radius 3 is 2.02 bits per heavy atom. The highest BCUT2D eigenvalue weighted by Crippen LogP contribution is 2.32. The van der Waals surface area contributed by atoms with E-state index >= 15 is 0 Å². The highest BCUT2D eigenvalue weighted by molar-refractivity contribution is 6.34. The van der Waals surface area contributed by atoms with Crippen molar-refractivity contribution in [3.05, 3.63) is 35.0 Å². The van der Waals surface area contributed by atoms with E-state index in [2.05, 4.69) is 48.2 Å². The Bertz CT molecular complexity index is 1220. The van der Waals surface area contributed by atoms with Crippen molar-refractivity contribution < 1.29 is 14.3 Å². The van der Waals surface area contributed by atoms with Crippen molar-refractivity contribution >= 4 is 28.9 Å². The van der Waals surface area contributed by atoms with E-state index in [9.17, 15) is 4.79 Å². The molecule has 0 fully saturated rings. The highest BCUT2D eigenvalue weighted by Gasteiger charge is 2.24. The third-order valence-corrected chi connectivity index (χ3v) is 8.30. The lowest BCUT2D eigenvalue weighted by atomic mass is 9.92. The zero-order valence-electron chi connectivity index (χ0n) is 27.7. The maximum atomic E-state index is 12.0. The molecule has 1 aromatic carbocycles. The number of ether oxygens (including phenoxy) is 2. The predicted octanol–water partition coefficient (Wildman–Crippen LogP) is 9.87. The molecule has 0 saturated heterocycles. The maximum absolute atomic E-state index is 12.0. The zero-order valence-corrected chi connectivity index (χ0v) is 28.4. The standard InChI is InChI=1S/C35H56ClN5O3/c1-5-6-7-8-9-10-11-12-13-14-15-16-17-18-26-44-30(42)20-19-25-43-27-37-29-23-21-28(22-24-29)33-38-34-31(36)32(35(2,3)4)39-41(34)40-33/h21-24,37,39H,5-20,25-27H2,1-4H3. The van der Waals surface area contributed by atoms with Gasteiger partial charge in [-0.3, -0.25) is 9.89 Å². The van der Waals surface area contributed by atoms with Crippen molar-refractivity contribution in [1.82, 2.24) is 19.8 Å². The van der Waals surface area contributed by atoms with Gasteiger partial charge in [0.1, 0.15) is 11.8 Å². The summed E-state index contributed by atoms with van der Waals surface area (Å²) in [5.74, 6) is 0.477. The van der Waals surface area contributed by atoms with E-state index < -0.39 is 0 Å². The van der Waals surface area contributed by atoms with E-state index in [1.807, 2.05) is 24.3 Å². The largest absolute Gasteiger partial charge is 0.466 e. The van der Waals surface area contributed by atoms with E-state index in [0.29, 0.717) is 49.3 Å². The molecule has 0 bridgehead atoms. The van der Waals surface area contributed by atoms with Gasteiger partial charge in [0.2, 0.25) is 0 Å². The van der Waals surface area contributed by atoms with E-state index in [-0.39, 0.29) is 11.4 Å². The summed E-state index contributed by atoms with van der Waals surface area (Å²) in [7, 11) is 0. The first-order valence-corrected chi connectivity index (χ1v) is 17.4. The molecule has 0 atom stereocenters. The van der Waals surface area contributed by atoms with E-state index in [1.165, 1.54) is 77.0 Å². The molecule has 3 rings (SSSR count). The van der Waals surface area contributed by atoms with Crippen LogP contribution in [0.5, 0.6) is 0 Å². The molecule has 0 saturated carbocycles. The number of hydrogen-bond donors (Lipinski definition) is 2. The molecular formula is C35H56ClN5O3. The Kier molecular flexibility index (Phi) is 16.1. The number of nitrogens with one attached hydrogen (secondary N) is 2. The summed E-state index contributed by atoms with van der Waals surface area (Å²) in [6.45, 7) is 9.95. The average Bonchev–Trinajstić information content (AvgIpc) is 3.56. The second-order valence-corrected chi connectivity index (χ2v) is 13.3. The Hall–Kier alpha value is -2.58. The van der Waals surface area contributed by atoms with Crippen LogP contribution in [-0.2, 0) is 19.7 Å². The number of esters is 1. The molecule has 9 heteroatoms. The number of carbonyl (C=O) groups excluding carboxylic acids is 1. The SMILES string of the molecule is CCCCCCCCCCCCCCCCOC(=O)CCCOCNc1ccc(-c2nc3c(Cl)c(C(C)(C)C)[nH]n3n2)cc1. The van der Waals surface area contributed by atoms with Gasteiger partial charge in [-0.2, -0.15) is 4.63 Å². The minimum absolute atomic E-state index is 0.121. The smallest absolute Gasteiger partial charge is 0.305 e. The van der Waals surface area contributed by atoms with Gasteiger partial charge in [0.05, 0.1) is 12.3 Å². The number of H-pyrrole nitrogens is 1. The maximum Gasteiger partial charge on any atom is 0.305 e. The molecule has 246 valence electrons. The second-order valence-electron chi connectivity index (χ2n) is 12.9. The van der Waals surface area contributed by atoms with E-state index in [0.717, 1.165) is 29.8 Å². The van der Waals surface area contributed by atoms with Crippen molar-refractivity contribution in [2.75, 3.05) is 25.3 Å². The molecule has 0 spiro atoms. The molecule has 3 aromatic rings. The summed E-state index contributed by atoms with van der Waals surface area (Å²) in [5.41, 5.74) is 3.25. The molecule has 0 aliphatic carbocycles. The van der Waals surface area contributed by atoms with Gasteiger partial charge < -0.3 is 14.8 Å². The Morgan fingerprint density at radius 1 is 0.864 bits per heavy atom. The third kappa shape index (κ3) is 12.8. The van der Waals surface area contributed by atoms with Crippen LogP contribution in [0.3, 0.4) is 0 Å². The molecule has 0 aliphatic heterocycles. The van der Waals surface area contributed by atoms with Gasteiger partial charge in [0.15, 0.2) is 11.5 Å². The lowest BCUT2D eigenvalue weighted by Crippen LogP contribution is -2.13. The summed E-state index contributed by atoms with van der Waals surface area (Å²) in [4.78, 5) is 16.6. The predicted molar refractivity (Wildman–Crippen MR) is 181 cm³/mol. The van der Waals surface area contributed by atoms with Gasteiger partial charge in [0.25, 0.3) is 0 Å². The number of hydrogen-bond acceptors (Lipinski definition) is 6.